The third-order valence-corrected chi connectivity index (χ3v) is 5.29. The number of benzene rings is 1. The Labute approximate surface area is 114 Å². The van der Waals surface area contributed by atoms with E-state index >= 15 is 0 Å². The van der Waals surface area contributed by atoms with Crippen molar-refractivity contribution in [2.24, 2.45) is 5.73 Å². The van der Waals surface area contributed by atoms with E-state index in [2.05, 4.69) is 0 Å². The number of nitrogens with two attached hydrogens (primary N) is 1. The largest absolute Gasteiger partial charge is 0.330 e. The monoisotopic (exact) mass is 290 g/mol. The molecule has 0 fully saturated rings. The number of nitrogens with zero attached hydrogens (tertiary/aromatic N) is 1. The van der Waals surface area contributed by atoms with Crippen molar-refractivity contribution in [2.75, 3.05) is 19.3 Å². The lowest BCUT2D eigenvalue weighted by atomic mass is 10.1. The number of hydrogen-bond donors (Lipinski definition) is 1. The van der Waals surface area contributed by atoms with E-state index in [0.29, 0.717) is 18.0 Å². The fourth-order valence-corrected chi connectivity index (χ4v) is 3.37. The van der Waals surface area contributed by atoms with E-state index in [9.17, 15) is 8.42 Å². The smallest absolute Gasteiger partial charge is 0.214 e. The van der Waals surface area contributed by atoms with Crippen LogP contribution >= 0.6 is 11.6 Å². The Balaban J connectivity index is 2.91. The van der Waals surface area contributed by atoms with Gasteiger partial charge in [0.1, 0.15) is 0 Å². The summed E-state index contributed by atoms with van der Waals surface area (Å²) < 4.78 is 25.4. The van der Waals surface area contributed by atoms with Crippen LogP contribution in [0, 0.1) is 0 Å². The van der Waals surface area contributed by atoms with Crippen LogP contribution in [0.25, 0.3) is 0 Å². The molecule has 0 spiro atoms. The van der Waals surface area contributed by atoms with Gasteiger partial charge in [-0.3, -0.25) is 0 Å². The Morgan fingerprint density at radius 2 is 2.00 bits per heavy atom. The van der Waals surface area contributed by atoms with Gasteiger partial charge in [-0.15, -0.1) is 0 Å². The molecule has 102 valence electrons. The highest BCUT2D eigenvalue weighted by atomic mass is 35.5. The molecule has 0 aliphatic heterocycles. The molecule has 1 unspecified atom stereocenters. The summed E-state index contributed by atoms with van der Waals surface area (Å²) in [5.74, 6) is 0.0643. The highest BCUT2D eigenvalue weighted by molar-refractivity contribution is 7.89. The van der Waals surface area contributed by atoms with E-state index in [1.165, 1.54) is 4.31 Å². The fourth-order valence-electron chi connectivity index (χ4n) is 1.66. The summed E-state index contributed by atoms with van der Waals surface area (Å²) in [5.41, 5.74) is 6.15. The lowest BCUT2D eigenvalue weighted by Crippen LogP contribution is -2.32. The van der Waals surface area contributed by atoms with Crippen molar-refractivity contribution >= 4 is 21.6 Å². The molecular weight excluding hydrogens is 272 g/mol. The molecule has 0 aliphatic rings. The quantitative estimate of drug-likeness (QED) is 0.872. The van der Waals surface area contributed by atoms with Gasteiger partial charge in [-0.05, 0) is 31.5 Å². The predicted octanol–water partition coefficient (Wildman–Crippen LogP) is 2.01. The van der Waals surface area contributed by atoms with Gasteiger partial charge in [-0.2, -0.15) is 4.31 Å². The van der Waals surface area contributed by atoms with Crippen LogP contribution in [-0.4, -0.2) is 32.1 Å². The first-order valence-electron chi connectivity index (χ1n) is 5.80. The van der Waals surface area contributed by atoms with Crippen molar-refractivity contribution in [2.45, 2.75) is 19.4 Å². The third kappa shape index (κ3) is 3.68. The molecule has 1 atom stereocenters. The van der Waals surface area contributed by atoms with Gasteiger partial charge in [0, 0.05) is 18.1 Å². The van der Waals surface area contributed by atoms with Crippen molar-refractivity contribution in [3.63, 3.8) is 0 Å². The Hall–Kier alpha value is -0.620. The van der Waals surface area contributed by atoms with Gasteiger partial charge >= 0.3 is 0 Å². The van der Waals surface area contributed by atoms with E-state index in [0.717, 1.165) is 5.56 Å². The van der Waals surface area contributed by atoms with Crippen LogP contribution in [0.2, 0.25) is 5.02 Å². The van der Waals surface area contributed by atoms with Gasteiger partial charge in [-0.25, -0.2) is 8.42 Å². The first kappa shape index (κ1) is 15.4. The molecule has 0 saturated carbocycles. The van der Waals surface area contributed by atoms with Gasteiger partial charge in [0.05, 0.1) is 5.75 Å². The molecule has 1 rings (SSSR count). The van der Waals surface area contributed by atoms with E-state index < -0.39 is 10.0 Å². The molecule has 0 aromatic heterocycles. The van der Waals surface area contributed by atoms with Crippen molar-refractivity contribution in [3.05, 3.63) is 34.9 Å². The zero-order chi connectivity index (χ0) is 13.8. The van der Waals surface area contributed by atoms with E-state index in [-0.39, 0.29) is 11.8 Å². The summed E-state index contributed by atoms with van der Waals surface area (Å²) >= 11 is 6.08. The fraction of sp³-hybridized carbons (Fsp3) is 0.500. The molecule has 4 nitrogen and oxygen atoms in total. The highest BCUT2D eigenvalue weighted by Crippen LogP contribution is 2.27. The first-order chi connectivity index (χ1) is 8.40. The number of sulfonamides is 1. The Morgan fingerprint density at radius 1 is 1.39 bits per heavy atom. The molecule has 1 aromatic rings. The van der Waals surface area contributed by atoms with E-state index in [1.807, 2.05) is 25.1 Å². The van der Waals surface area contributed by atoms with Crippen molar-refractivity contribution in [3.8, 4) is 0 Å². The summed E-state index contributed by atoms with van der Waals surface area (Å²) in [5, 5.41) is 0.575. The average molecular weight is 291 g/mol. The van der Waals surface area contributed by atoms with Crippen LogP contribution in [0.15, 0.2) is 24.3 Å². The Morgan fingerprint density at radius 3 is 2.56 bits per heavy atom. The lowest BCUT2D eigenvalue weighted by Gasteiger charge is -2.25. The van der Waals surface area contributed by atoms with Gasteiger partial charge in [0.2, 0.25) is 10.0 Å². The van der Waals surface area contributed by atoms with Gasteiger partial charge < -0.3 is 5.73 Å². The minimum atomic E-state index is -3.29. The average Bonchev–Trinajstić information content (AvgIpc) is 2.35. The van der Waals surface area contributed by atoms with Gasteiger partial charge in [0.15, 0.2) is 0 Å². The molecule has 6 heteroatoms. The SMILES string of the molecule is CC(c1ccccc1Cl)N(C)S(=O)(=O)CCCN. The normalized spacial score (nSPS) is 13.8. The maximum absolute atomic E-state index is 12.0. The molecule has 0 aliphatic carbocycles. The lowest BCUT2D eigenvalue weighted by molar-refractivity contribution is 0.398. The Bertz CT molecular complexity index is 491. The van der Waals surface area contributed by atoms with Crippen molar-refractivity contribution in [1.29, 1.82) is 0 Å². The highest BCUT2D eigenvalue weighted by Gasteiger charge is 2.24. The van der Waals surface area contributed by atoms with E-state index in [1.54, 1.807) is 13.1 Å². The van der Waals surface area contributed by atoms with Crippen LogP contribution in [0.1, 0.15) is 24.9 Å². The maximum atomic E-state index is 12.0. The zero-order valence-electron chi connectivity index (χ0n) is 10.6. The summed E-state index contributed by atoms with van der Waals surface area (Å²) in [6, 6.07) is 6.97. The third-order valence-electron chi connectivity index (χ3n) is 2.95. The summed E-state index contributed by atoms with van der Waals surface area (Å²) in [7, 11) is -1.72. The van der Waals surface area contributed by atoms with Crippen LogP contribution in [0.3, 0.4) is 0 Å². The second kappa shape index (κ2) is 6.52. The van der Waals surface area contributed by atoms with Gasteiger partial charge in [0.25, 0.3) is 0 Å². The molecule has 18 heavy (non-hydrogen) atoms. The predicted molar refractivity (Wildman–Crippen MR) is 75.1 cm³/mol. The van der Waals surface area contributed by atoms with E-state index in [4.69, 9.17) is 17.3 Å². The molecule has 0 radical (unpaired) electrons. The minimum Gasteiger partial charge on any atom is -0.330 e. The second-order valence-corrected chi connectivity index (χ2v) is 6.73. The first-order valence-corrected chi connectivity index (χ1v) is 7.79. The molecule has 0 amide bonds. The second-order valence-electron chi connectivity index (χ2n) is 4.17. The molecule has 1 aromatic carbocycles. The van der Waals surface area contributed by atoms with Crippen molar-refractivity contribution in [1.82, 2.24) is 4.31 Å². The molecule has 0 saturated heterocycles. The maximum Gasteiger partial charge on any atom is 0.214 e. The van der Waals surface area contributed by atoms with Crippen LogP contribution in [-0.2, 0) is 10.0 Å². The Kier molecular flexibility index (Phi) is 5.59. The molecule has 2 N–H and O–H groups in total. The van der Waals surface area contributed by atoms with Crippen molar-refractivity contribution < 1.29 is 8.42 Å². The molecule has 0 bridgehead atoms. The standard InChI is InChI=1S/C12H19ClN2O2S/c1-10(11-6-3-4-7-12(11)13)15(2)18(16,17)9-5-8-14/h3-4,6-7,10H,5,8-9,14H2,1-2H3. The summed E-state index contributed by atoms with van der Waals surface area (Å²) in [6.07, 6.45) is 0.460. The zero-order valence-corrected chi connectivity index (χ0v) is 12.2. The van der Waals surface area contributed by atoms with Crippen LogP contribution in [0.4, 0.5) is 0 Å². The molecular formula is C12H19ClN2O2S. The van der Waals surface area contributed by atoms with Crippen LogP contribution in [0.5, 0.6) is 0 Å². The number of hydrogen-bond acceptors (Lipinski definition) is 3. The summed E-state index contributed by atoms with van der Waals surface area (Å²) in [6.45, 7) is 2.19. The molecule has 0 heterocycles. The minimum absolute atomic E-state index is 0.0643. The number of halogens is 1. The summed E-state index contributed by atoms with van der Waals surface area (Å²) in [4.78, 5) is 0. The van der Waals surface area contributed by atoms with Crippen LogP contribution < -0.4 is 5.73 Å². The number of rotatable bonds is 6. The topological polar surface area (TPSA) is 63.4 Å². The van der Waals surface area contributed by atoms with Gasteiger partial charge in [-0.1, -0.05) is 29.8 Å².